The Labute approximate surface area is 188 Å². The number of nitrogens with zero attached hydrogens (tertiary/aromatic N) is 8. The highest BCUT2D eigenvalue weighted by Gasteiger charge is 2.36. The van der Waals surface area contributed by atoms with Crippen LogP contribution in [0, 0.1) is 0 Å². The standard InChI is InChI=1S/C18H14ClF3N10O/c1-10(14-26-9-27-32(14)16-24-6-3-7-25-16)28-17(33)29-13-8-12(18(20,21)22)30-31(13)15-11(19)4-2-5-23-15/h2-10H,1H3,(H2,28,29,33)/t10-/m0/s1. The van der Waals surface area contributed by atoms with Crippen molar-refractivity contribution in [1.29, 1.82) is 0 Å². The second kappa shape index (κ2) is 8.82. The van der Waals surface area contributed by atoms with Crippen LogP contribution in [-0.4, -0.2) is 45.5 Å². The largest absolute Gasteiger partial charge is 0.435 e. The number of halogens is 4. The van der Waals surface area contributed by atoms with Crippen LogP contribution in [0.3, 0.4) is 0 Å². The number of anilines is 1. The van der Waals surface area contributed by atoms with Gasteiger partial charge in [-0.3, -0.25) is 5.32 Å². The van der Waals surface area contributed by atoms with E-state index in [9.17, 15) is 18.0 Å². The van der Waals surface area contributed by atoms with E-state index in [0.717, 1.165) is 4.68 Å². The third-order valence-electron chi connectivity index (χ3n) is 4.23. The zero-order valence-electron chi connectivity index (χ0n) is 16.7. The molecule has 2 N–H and O–H groups in total. The van der Waals surface area contributed by atoms with Gasteiger partial charge in [0.15, 0.2) is 17.3 Å². The molecule has 1 atom stereocenters. The predicted octanol–water partition coefficient (Wildman–Crippen LogP) is 3.19. The van der Waals surface area contributed by atoms with Crippen LogP contribution in [-0.2, 0) is 6.18 Å². The van der Waals surface area contributed by atoms with Crippen LogP contribution in [0.4, 0.5) is 23.8 Å². The van der Waals surface area contributed by atoms with Crippen LogP contribution in [0.1, 0.15) is 24.5 Å². The molecule has 0 saturated carbocycles. The number of amides is 2. The van der Waals surface area contributed by atoms with Gasteiger partial charge in [-0.25, -0.2) is 24.7 Å². The Balaban J connectivity index is 1.58. The molecule has 4 aromatic rings. The molecule has 0 spiro atoms. The number of aromatic nitrogens is 8. The fourth-order valence-electron chi connectivity index (χ4n) is 2.82. The van der Waals surface area contributed by atoms with Crippen molar-refractivity contribution in [2.45, 2.75) is 19.1 Å². The maximum absolute atomic E-state index is 13.2. The summed E-state index contributed by atoms with van der Waals surface area (Å²) in [6.45, 7) is 1.61. The molecule has 2 amide bonds. The summed E-state index contributed by atoms with van der Waals surface area (Å²) >= 11 is 6.06. The van der Waals surface area contributed by atoms with E-state index in [1.807, 2.05) is 0 Å². The molecule has 0 fully saturated rings. The molecule has 170 valence electrons. The Kier molecular flexibility index (Phi) is 5.91. The summed E-state index contributed by atoms with van der Waals surface area (Å²) in [6.07, 6.45) is 0.871. The number of carbonyl (C=O) groups excluding carboxylic acids is 1. The van der Waals surface area contributed by atoms with Gasteiger partial charge >= 0.3 is 12.2 Å². The minimum atomic E-state index is -4.75. The van der Waals surface area contributed by atoms with Gasteiger partial charge in [0, 0.05) is 24.7 Å². The lowest BCUT2D eigenvalue weighted by Crippen LogP contribution is -2.33. The SMILES string of the molecule is C[C@H](NC(=O)Nc1cc(C(F)(F)F)nn1-c1ncccc1Cl)c1ncnn1-c1ncccn1. The van der Waals surface area contributed by atoms with Crippen molar-refractivity contribution in [2.75, 3.05) is 5.32 Å². The van der Waals surface area contributed by atoms with Crippen molar-refractivity contribution in [1.82, 2.24) is 44.8 Å². The zero-order chi connectivity index (χ0) is 23.6. The third-order valence-corrected chi connectivity index (χ3v) is 4.53. The molecule has 0 aromatic carbocycles. The van der Waals surface area contributed by atoms with E-state index in [1.54, 1.807) is 13.0 Å². The Hall–Kier alpha value is -4.07. The van der Waals surface area contributed by atoms with Crippen LogP contribution < -0.4 is 10.6 Å². The van der Waals surface area contributed by atoms with Gasteiger partial charge in [0.1, 0.15) is 12.1 Å². The molecule has 4 aromatic heterocycles. The quantitative estimate of drug-likeness (QED) is 0.450. The number of carbonyl (C=O) groups is 1. The van der Waals surface area contributed by atoms with Gasteiger partial charge in [0.25, 0.3) is 5.95 Å². The van der Waals surface area contributed by atoms with Crippen LogP contribution in [0.2, 0.25) is 5.02 Å². The van der Waals surface area contributed by atoms with Crippen molar-refractivity contribution >= 4 is 23.4 Å². The average molecular weight is 479 g/mol. The maximum atomic E-state index is 13.2. The normalized spacial score (nSPS) is 12.4. The Morgan fingerprint density at radius 1 is 1.09 bits per heavy atom. The Morgan fingerprint density at radius 2 is 1.82 bits per heavy atom. The first-order chi connectivity index (χ1) is 15.7. The fraction of sp³-hybridized carbons (Fsp3) is 0.167. The Bertz CT molecular complexity index is 1270. The number of hydrogen-bond acceptors (Lipinski definition) is 7. The second-order valence-electron chi connectivity index (χ2n) is 6.53. The first-order valence-electron chi connectivity index (χ1n) is 9.27. The van der Waals surface area contributed by atoms with Crippen LogP contribution in [0.25, 0.3) is 11.8 Å². The molecule has 0 bridgehead atoms. The highest BCUT2D eigenvalue weighted by molar-refractivity contribution is 6.32. The van der Waals surface area contributed by atoms with Crippen LogP contribution in [0.5, 0.6) is 0 Å². The molecule has 0 aliphatic rings. The number of pyridine rings is 1. The first-order valence-corrected chi connectivity index (χ1v) is 9.65. The van der Waals surface area contributed by atoms with Gasteiger partial charge in [0.05, 0.1) is 11.1 Å². The Morgan fingerprint density at radius 3 is 2.52 bits per heavy atom. The average Bonchev–Trinajstić information content (AvgIpc) is 3.42. The maximum Gasteiger partial charge on any atom is 0.435 e. The van der Waals surface area contributed by atoms with Crippen molar-refractivity contribution in [3.05, 3.63) is 65.7 Å². The lowest BCUT2D eigenvalue weighted by Gasteiger charge is -2.15. The van der Waals surface area contributed by atoms with Crippen molar-refractivity contribution in [3.8, 4) is 11.8 Å². The second-order valence-corrected chi connectivity index (χ2v) is 6.94. The van der Waals surface area contributed by atoms with Gasteiger partial charge < -0.3 is 5.32 Å². The molecule has 0 aliphatic carbocycles. The van der Waals surface area contributed by atoms with E-state index in [-0.39, 0.29) is 22.6 Å². The zero-order valence-corrected chi connectivity index (χ0v) is 17.4. The summed E-state index contributed by atoms with van der Waals surface area (Å²) in [7, 11) is 0. The number of hydrogen-bond donors (Lipinski definition) is 2. The summed E-state index contributed by atoms with van der Waals surface area (Å²) in [5, 5.41) is 12.5. The monoisotopic (exact) mass is 478 g/mol. The summed E-state index contributed by atoms with van der Waals surface area (Å²) in [5.41, 5.74) is -1.23. The van der Waals surface area contributed by atoms with Crippen molar-refractivity contribution in [3.63, 3.8) is 0 Å². The number of nitrogens with one attached hydrogen (secondary N) is 2. The van der Waals surface area contributed by atoms with Crippen LogP contribution in [0.15, 0.2) is 49.2 Å². The third kappa shape index (κ3) is 4.74. The van der Waals surface area contributed by atoms with Gasteiger partial charge in [-0.15, -0.1) is 0 Å². The van der Waals surface area contributed by atoms with Crippen molar-refractivity contribution in [2.24, 2.45) is 0 Å². The molecule has 0 radical (unpaired) electrons. The van der Waals surface area contributed by atoms with E-state index < -0.39 is 23.9 Å². The van der Waals surface area contributed by atoms with E-state index in [2.05, 4.69) is 40.8 Å². The molecule has 11 nitrogen and oxygen atoms in total. The van der Waals surface area contributed by atoms with E-state index in [1.165, 1.54) is 41.7 Å². The fourth-order valence-corrected chi connectivity index (χ4v) is 3.02. The van der Waals surface area contributed by atoms with Crippen molar-refractivity contribution < 1.29 is 18.0 Å². The lowest BCUT2D eigenvalue weighted by molar-refractivity contribution is -0.141. The topological polar surface area (TPSA) is 128 Å². The van der Waals surface area contributed by atoms with Gasteiger partial charge in [-0.05, 0) is 25.1 Å². The highest BCUT2D eigenvalue weighted by atomic mass is 35.5. The number of rotatable bonds is 5. The van der Waals surface area contributed by atoms with E-state index >= 15 is 0 Å². The van der Waals surface area contributed by atoms with E-state index in [0.29, 0.717) is 11.9 Å². The summed E-state index contributed by atoms with van der Waals surface area (Å²) < 4.78 is 41.9. The molecule has 4 heterocycles. The number of alkyl halides is 3. The summed E-state index contributed by atoms with van der Waals surface area (Å²) in [6, 6.07) is 3.70. The van der Waals surface area contributed by atoms with Gasteiger partial charge in [-0.1, -0.05) is 11.6 Å². The molecular weight excluding hydrogens is 465 g/mol. The minimum absolute atomic E-state index is 0.0436. The summed E-state index contributed by atoms with van der Waals surface area (Å²) in [4.78, 5) is 28.8. The molecule has 15 heteroatoms. The molecule has 4 rings (SSSR count). The van der Waals surface area contributed by atoms with E-state index in [4.69, 9.17) is 11.6 Å². The number of urea groups is 1. The minimum Gasteiger partial charge on any atom is -0.328 e. The first kappa shape index (κ1) is 22.1. The molecule has 0 unspecified atom stereocenters. The van der Waals surface area contributed by atoms with Gasteiger partial charge in [0.2, 0.25) is 0 Å². The molecule has 33 heavy (non-hydrogen) atoms. The molecule has 0 saturated heterocycles. The molecule has 0 aliphatic heterocycles. The lowest BCUT2D eigenvalue weighted by atomic mass is 10.3. The smallest absolute Gasteiger partial charge is 0.328 e. The predicted molar refractivity (Wildman–Crippen MR) is 109 cm³/mol. The highest BCUT2D eigenvalue weighted by Crippen LogP contribution is 2.32. The molecular formula is C18H14ClF3N10O. The van der Waals surface area contributed by atoms with Gasteiger partial charge in [-0.2, -0.15) is 32.7 Å². The van der Waals surface area contributed by atoms with Crippen LogP contribution >= 0.6 is 11.6 Å². The summed E-state index contributed by atoms with van der Waals surface area (Å²) in [5.74, 6) is 0.157.